The van der Waals surface area contributed by atoms with Crippen molar-refractivity contribution in [3.05, 3.63) is 58.7 Å². The standard InChI is InChI=1S/C25H36N2O2.2F6P/c1-20-8-10-24-22(16-20)18-26-12-4-5-13-27-19-23-17-21(2)9-11-25(23)29-15-7-3-6-14-28-24;2*1-7(2,3,4,5)6/h8-11,16-17,26-27H,3-7,12-15,18-19H2,1-2H3;;/q;2*-1/p+2. The number of fused-ring (bicyclic) bond motifs is 2. The van der Waals surface area contributed by atoms with Gasteiger partial charge in [0, 0.05) is 24.0 Å². The molecule has 1 aliphatic rings. The summed E-state index contributed by atoms with van der Waals surface area (Å²) >= 11 is 0. The molecule has 18 heteroatoms. The molecular weight excluding hydrogens is 650 g/mol. The van der Waals surface area contributed by atoms with Gasteiger partial charge in [-0.3, -0.25) is 0 Å². The molecule has 0 spiro atoms. The van der Waals surface area contributed by atoms with E-state index < -0.39 is 15.6 Å². The van der Waals surface area contributed by atoms with Crippen molar-refractivity contribution in [1.29, 1.82) is 0 Å². The van der Waals surface area contributed by atoms with Crippen LogP contribution in [-0.2, 0) is 13.1 Å². The van der Waals surface area contributed by atoms with Gasteiger partial charge in [-0.2, -0.15) is 0 Å². The Labute approximate surface area is 242 Å². The number of hydrogen-bond donors (Lipinski definition) is 2. The molecule has 4 N–H and O–H groups in total. The second-order valence-corrected chi connectivity index (χ2v) is 14.0. The third-order valence-corrected chi connectivity index (χ3v) is 5.53. The molecule has 0 unspecified atom stereocenters. The number of halogens is 12. The van der Waals surface area contributed by atoms with Crippen LogP contribution in [0, 0.1) is 13.8 Å². The maximum atomic E-state index is 9.87. The van der Waals surface area contributed by atoms with Crippen LogP contribution >= 0.6 is 15.6 Å². The van der Waals surface area contributed by atoms with Crippen LogP contribution in [0.2, 0.25) is 0 Å². The van der Waals surface area contributed by atoms with Gasteiger partial charge in [0.05, 0.1) is 26.3 Å². The molecule has 0 saturated carbocycles. The van der Waals surface area contributed by atoms with Gasteiger partial charge >= 0.3 is 66.0 Å². The Morgan fingerprint density at radius 2 is 0.837 bits per heavy atom. The molecule has 0 atom stereocenters. The Balaban J connectivity index is 0.000000548. The van der Waals surface area contributed by atoms with E-state index in [2.05, 4.69) is 60.9 Å². The Morgan fingerprint density at radius 1 is 0.512 bits per heavy atom. The van der Waals surface area contributed by atoms with Gasteiger partial charge in [-0.05, 0) is 57.4 Å². The Hall–Kier alpha value is -2.02. The Bertz CT molecular complexity index is 1060. The topological polar surface area (TPSA) is 51.7 Å². The first-order valence-corrected chi connectivity index (χ1v) is 17.4. The monoisotopic (exact) mass is 688 g/mol. The number of quaternary nitrogens is 2. The molecule has 0 radical (unpaired) electrons. The summed E-state index contributed by atoms with van der Waals surface area (Å²) in [5, 5.41) is 4.84. The molecule has 2 aromatic carbocycles. The predicted octanol–water partition coefficient (Wildman–Crippen LogP) is 9.62. The molecule has 4 nitrogen and oxygen atoms in total. The van der Waals surface area contributed by atoms with Crippen LogP contribution in [0.15, 0.2) is 36.4 Å². The van der Waals surface area contributed by atoms with Crippen LogP contribution in [0.3, 0.4) is 0 Å². The van der Waals surface area contributed by atoms with Gasteiger partial charge in [0.25, 0.3) is 0 Å². The number of ether oxygens (including phenoxy) is 2. The number of benzene rings is 2. The second kappa shape index (κ2) is 13.5. The van der Waals surface area contributed by atoms with E-state index in [1.807, 2.05) is 0 Å². The number of nitrogens with two attached hydrogens (primary N) is 2. The van der Waals surface area contributed by atoms with Crippen LogP contribution in [0.5, 0.6) is 11.5 Å². The molecule has 43 heavy (non-hydrogen) atoms. The molecule has 0 amide bonds. The molecule has 0 saturated heterocycles. The van der Waals surface area contributed by atoms with Crippen molar-refractivity contribution < 1.29 is 70.5 Å². The van der Waals surface area contributed by atoms with Crippen LogP contribution in [0.4, 0.5) is 50.4 Å². The second-order valence-electron chi connectivity index (χ2n) is 10.2. The number of hydrogen-bond acceptors (Lipinski definition) is 2. The van der Waals surface area contributed by atoms with Gasteiger partial charge < -0.3 is 20.1 Å². The van der Waals surface area contributed by atoms with E-state index in [0.717, 1.165) is 57.1 Å². The summed E-state index contributed by atoms with van der Waals surface area (Å²) in [7, 11) is -21.3. The van der Waals surface area contributed by atoms with Gasteiger partial charge in [0.2, 0.25) is 0 Å². The van der Waals surface area contributed by atoms with Crippen molar-refractivity contribution in [2.24, 2.45) is 0 Å². The van der Waals surface area contributed by atoms with E-state index >= 15 is 0 Å². The van der Waals surface area contributed by atoms with Crippen molar-refractivity contribution in [3.8, 4) is 11.5 Å². The summed E-state index contributed by atoms with van der Waals surface area (Å²) < 4.78 is 131. The van der Waals surface area contributed by atoms with Gasteiger partial charge in [-0.15, -0.1) is 0 Å². The van der Waals surface area contributed by atoms with Gasteiger partial charge in [0.1, 0.15) is 24.6 Å². The predicted molar refractivity (Wildman–Crippen MR) is 145 cm³/mol. The molecule has 2 aromatic rings. The third kappa shape index (κ3) is 28.5. The fourth-order valence-corrected chi connectivity index (χ4v) is 3.85. The Kier molecular flexibility index (Phi) is 12.3. The van der Waals surface area contributed by atoms with Crippen molar-refractivity contribution in [1.82, 2.24) is 0 Å². The van der Waals surface area contributed by atoms with Gasteiger partial charge in [0.15, 0.2) is 0 Å². The first-order valence-electron chi connectivity index (χ1n) is 13.3. The van der Waals surface area contributed by atoms with E-state index in [1.165, 1.54) is 48.2 Å². The van der Waals surface area contributed by atoms with E-state index in [-0.39, 0.29) is 0 Å². The average molecular weight is 689 g/mol. The van der Waals surface area contributed by atoms with Gasteiger partial charge in [-0.1, -0.05) is 23.3 Å². The zero-order valence-electron chi connectivity index (χ0n) is 23.6. The minimum atomic E-state index is -10.7. The molecular formula is C25H38F12N2O2P2. The summed E-state index contributed by atoms with van der Waals surface area (Å²) in [5.41, 5.74) is 5.26. The number of aryl methyl sites for hydroxylation is 2. The van der Waals surface area contributed by atoms with Crippen LogP contribution in [0.1, 0.15) is 54.4 Å². The first-order chi connectivity index (χ1) is 19.1. The van der Waals surface area contributed by atoms with Gasteiger partial charge in [-0.25, -0.2) is 0 Å². The summed E-state index contributed by atoms with van der Waals surface area (Å²) in [5.74, 6) is 2.11. The van der Waals surface area contributed by atoms with Crippen molar-refractivity contribution >= 4 is 15.6 Å². The minimum absolute atomic E-state index is 0.779. The van der Waals surface area contributed by atoms with Crippen molar-refractivity contribution in [2.75, 3.05) is 26.3 Å². The molecule has 3 rings (SSSR count). The first kappa shape index (κ1) is 39.0. The summed E-state index contributed by atoms with van der Waals surface area (Å²) in [6, 6.07) is 13.1. The summed E-state index contributed by atoms with van der Waals surface area (Å²) in [4.78, 5) is 0. The van der Waals surface area contributed by atoms with E-state index in [1.54, 1.807) is 0 Å². The quantitative estimate of drug-likeness (QED) is 0.214. The average Bonchev–Trinajstić information content (AvgIpc) is 2.78. The molecule has 254 valence electrons. The maximum absolute atomic E-state index is 10.7. The SMILES string of the molecule is Cc1ccc2c(c1)C[NH2+]CCCC[NH2+]Cc1cc(C)ccc1OCCCCCO2.F[P-](F)(F)(F)(F)F.F[P-](F)(F)(F)(F)F. The molecule has 0 aliphatic carbocycles. The number of rotatable bonds is 0. The van der Waals surface area contributed by atoms with Crippen molar-refractivity contribution in [2.45, 2.75) is 59.0 Å². The molecule has 1 heterocycles. The van der Waals surface area contributed by atoms with E-state index in [9.17, 15) is 50.4 Å². The zero-order valence-corrected chi connectivity index (χ0v) is 25.4. The third-order valence-electron chi connectivity index (χ3n) is 5.53. The molecule has 0 fully saturated rings. The van der Waals surface area contributed by atoms with E-state index in [4.69, 9.17) is 9.47 Å². The summed E-state index contributed by atoms with van der Waals surface area (Å²) in [6.07, 6.45) is 5.75. The summed E-state index contributed by atoms with van der Waals surface area (Å²) in [6.45, 7) is 10.2. The van der Waals surface area contributed by atoms with Crippen LogP contribution in [0.25, 0.3) is 0 Å². The molecule has 0 bridgehead atoms. The zero-order chi connectivity index (χ0) is 33.1. The fraction of sp³-hybridized carbons (Fsp3) is 0.520. The molecule has 0 aromatic heterocycles. The normalized spacial score (nSPS) is 19.3. The van der Waals surface area contributed by atoms with E-state index in [0.29, 0.717) is 0 Å². The molecule has 1 aliphatic heterocycles. The van der Waals surface area contributed by atoms with Crippen LogP contribution < -0.4 is 20.1 Å². The van der Waals surface area contributed by atoms with Crippen molar-refractivity contribution in [3.63, 3.8) is 0 Å². The van der Waals surface area contributed by atoms with Crippen LogP contribution in [-0.4, -0.2) is 26.3 Å². The Morgan fingerprint density at radius 3 is 1.16 bits per heavy atom. The fourth-order valence-electron chi connectivity index (χ4n) is 3.85.